The van der Waals surface area contributed by atoms with Crippen molar-refractivity contribution in [3.8, 4) is 11.5 Å². The molecule has 0 saturated heterocycles. The number of hydrogen-bond donors (Lipinski definition) is 2. The second-order valence-electron chi connectivity index (χ2n) is 2.93. The van der Waals surface area contributed by atoms with Crippen LogP contribution in [0.3, 0.4) is 0 Å². The molecule has 0 aromatic heterocycles. The summed E-state index contributed by atoms with van der Waals surface area (Å²) in [6.45, 7) is 0.112. The Morgan fingerprint density at radius 1 is 1.60 bits per heavy atom. The minimum absolute atomic E-state index is 0.0883. The van der Waals surface area contributed by atoms with E-state index in [0.29, 0.717) is 0 Å². The molecule has 1 rings (SSSR count). The van der Waals surface area contributed by atoms with Crippen molar-refractivity contribution < 1.29 is 14.6 Å². The van der Waals surface area contributed by atoms with Crippen LogP contribution < -0.4 is 10.1 Å². The van der Waals surface area contributed by atoms with Gasteiger partial charge < -0.3 is 15.2 Å². The lowest BCUT2D eigenvalue weighted by atomic mass is 10.1. The molecule has 0 heterocycles. The van der Waals surface area contributed by atoms with Crippen LogP contribution in [-0.4, -0.2) is 31.6 Å². The molecule has 0 saturated carbocycles. The first-order valence-electron chi connectivity index (χ1n) is 4.35. The summed E-state index contributed by atoms with van der Waals surface area (Å²) < 4.78 is 4.89. The number of rotatable bonds is 4. The number of phenolic OH excluding ortho intramolecular Hbond substituents is 1. The van der Waals surface area contributed by atoms with Gasteiger partial charge in [-0.2, -0.15) is 0 Å². The zero-order valence-electron chi connectivity index (χ0n) is 8.50. The molecule has 4 nitrogen and oxygen atoms in total. The van der Waals surface area contributed by atoms with Gasteiger partial charge in [0.15, 0.2) is 17.3 Å². The predicted octanol–water partition coefficient (Wildman–Crippen LogP) is 1.46. The number of phenols is 1. The molecule has 0 bridgehead atoms. The number of nitrogens with one attached hydrogen (secondary N) is 1. The molecule has 5 heteroatoms. The van der Waals surface area contributed by atoms with E-state index < -0.39 is 0 Å². The van der Waals surface area contributed by atoms with Crippen LogP contribution in [0, 0.1) is 0 Å². The number of aromatic hydroxyl groups is 1. The van der Waals surface area contributed by atoms with E-state index in [2.05, 4.69) is 5.32 Å². The lowest BCUT2D eigenvalue weighted by molar-refractivity contribution is 0.0990. The van der Waals surface area contributed by atoms with Crippen LogP contribution in [0.25, 0.3) is 0 Å². The number of likely N-dealkylation sites (N-methyl/N-ethyl adjacent to an activating group) is 1. The molecule has 0 aliphatic heterocycles. The average molecular weight is 230 g/mol. The molecule has 0 unspecified atom stereocenters. The van der Waals surface area contributed by atoms with Crippen LogP contribution in [0.1, 0.15) is 10.4 Å². The minimum Gasteiger partial charge on any atom is -0.504 e. The maximum absolute atomic E-state index is 11.6. The Morgan fingerprint density at radius 3 is 2.80 bits per heavy atom. The van der Waals surface area contributed by atoms with Crippen molar-refractivity contribution in [2.45, 2.75) is 0 Å². The van der Waals surface area contributed by atoms with Gasteiger partial charge in [0.2, 0.25) is 0 Å². The van der Waals surface area contributed by atoms with E-state index in [-0.39, 0.29) is 34.4 Å². The summed E-state index contributed by atoms with van der Waals surface area (Å²) >= 11 is 5.82. The van der Waals surface area contributed by atoms with Gasteiger partial charge in [0.1, 0.15) is 0 Å². The summed E-state index contributed by atoms with van der Waals surface area (Å²) in [7, 11) is 3.05. The number of Topliss-reactive ketones (excluding diaryl/α,β-unsaturated/α-hetero) is 1. The number of ketones is 1. The van der Waals surface area contributed by atoms with E-state index in [4.69, 9.17) is 16.3 Å². The van der Waals surface area contributed by atoms with Crippen molar-refractivity contribution in [2.24, 2.45) is 0 Å². The highest BCUT2D eigenvalue weighted by atomic mass is 35.5. The molecule has 82 valence electrons. The fraction of sp³-hybridized carbons (Fsp3) is 0.300. The van der Waals surface area contributed by atoms with Gasteiger partial charge >= 0.3 is 0 Å². The number of hydrogen-bond acceptors (Lipinski definition) is 4. The van der Waals surface area contributed by atoms with Crippen molar-refractivity contribution >= 4 is 17.4 Å². The first kappa shape index (κ1) is 11.8. The van der Waals surface area contributed by atoms with Gasteiger partial charge in [-0.25, -0.2) is 0 Å². The van der Waals surface area contributed by atoms with Gasteiger partial charge in [0.25, 0.3) is 0 Å². The Labute approximate surface area is 92.8 Å². The van der Waals surface area contributed by atoms with Gasteiger partial charge in [-0.1, -0.05) is 11.6 Å². The van der Waals surface area contributed by atoms with Gasteiger partial charge in [-0.15, -0.1) is 0 Å². The third kappa shape index (κ3) is 2.40. The van der Waals surface area contributed by atoms with E-state index in [1.54, 1.807) is 7.05 Å². The molecule has 0 aliphatic rings. The molecule has 0 aliphatic carbocycles. The molecule has 0 atom stereocenters. The molecule has 0 fully saturated rings. The summed E-state index contributed by atoms with van der Waals surface area (Å²) in [5, 5.41) is 12.6. The second-order valence-corrected chi connectivity index (χ2v) is 3.33. The monoisotopic (exact) mass is 229 g/mol. The molecule has 0 amide bonds. The van der Waals surface area contributed by atoms with E-state index in [1.807, 2.05) is 0 Å². The first-order valence-corrected chi connectivity index (χ1v) is 4.72. The fourth-order valence-corrected chi connectivity index (χ4v) is 1.48. The standard InChI is InChI=1S/C10H12ClNO3/c1-12-5-7(13)9-6(11)3-4-8(15-2)10(9)14/h3-4,12,14H,5H2,1-2H3. The number of methoxy groups -OCH3 is 1. The predicted molar refractivity (Wildman–Crippen MR) is 57.9 cm³/mol. The maximum Gasteiger partial charge on any atom is 0.181 e. The lowest BCUT2D eigenvalue weighted by Gasteiger charge is -2.09. The van der Waals surface area contributed by atoms with Crippen molar-refractivity contribution in [1.82, 2.24) is 5.32 Å². The van der Waals surface area contributed by atoms with Crippen LogP contribution >= 0.6 is 11.6 Å². The van der Waals surface area contributed by atoms with E-state index in [1.165, 1.54) is 19.2 Å². The van der Waals surface area contributed by atoms with Crippen molar-refractivity contribution in [1.29, 1.82) is 0 Å². The molecule has 1 aromatic rings. The highest BCUT2D eigenvalue weighted by Gasteiger charge is 2.18. The van der Waals surface area contributed by atoms with E-state index >= 15 is 0 Å². The van der Waals surface area contributed by atoms with Gasteiger partial charge in [-0.3, -0.25) is 4.79 Å². The largest absolute Gasteiger partial charge is 0.504 e. The van der Waals surface area contributed by atoms with E-state index in [0.717, 1.165) is 0 Å². The van der Waals surface area contributed by atoms with Gasteiger partial charge in [0.05, 0.1) is 24.2 Å². The van der Waals surface area contributed by atoms with Crippen molar-refractivity contribution in [3.63, 3.8) is 0 Å². The molecule has 1 aromatic carbocycles. The van der Waals surface area contributed by atoms with Crippen molar-refractivity contribution in [3.05, 3.63) is 22.7 Å². The Bertz CT molecular complexity index is 379. The zero-order chi connectivity index (χ0) is 11.4. The highest BCUT2D eigenvalue weighted by Crippen LogP contribution is 2.34. The number of halogens is 1. The van der Waals surface area contributed by atoms with Crippen LogP contribution in [0.5, 0.6) is 11.5 Å². The summed E-state index contributed by atoms with van der Waals surface area (Å²) in [5.41, 5.74) is 0.0883. The molecule has 0 spiro atoms. The quantitative estimate of drug-likeness (QED) is 0.768. The van der Waals surface area contributed by atoms with Crippen LogP contribution in [0.4, 0.5) is 0 Å². The summed E-state index contributed by atoms with van der Waals surface area (Å²) in [6, 6.07) is 3.02. The molecular formula is C10H12ClNO3. The second kappa shape index (κ2) is 5.00. The number of benzene rings is 1. The Morgan fingerprint density at radius 2 is 2.27 bits per heavy atom. The highest BCUT2D eigenvalue weighted by molar-refractivity contribution is 6.34. The number of carbonyl (C=O) groups excluding carboxylic acids is 1. The number of carbonyl (C=O) groups is 1. The summed E-state index contributed by atoms with van der Waals surface area (Å²) in [5.74, 6) is -0.261. The SMILES string of the molecule is CNCC(=O)c1c(Cl)ccc(OC)c1O. The van der Waals surface area contributed by atoms with Crippen LogP contribution in [0.15, 0.2) is 12.1 Å². The Balaban J connectivity index is 3.20. The summed E-state index contributed by atoms with van der Waals surface area (Å²) in [6.07, 6.45) is 0. The average Bonchev–Trinajstić information content (AvgIpc) is 2.18. The van der Waals surface area contributed by atoms with E-state index in [9.17, 15) is 9.90 Å². The van der Waals surface area contributed by atoms with Crippen molar-refractivity contribution in [2.75, 3.05) is 20.7 Å². The Hall–Kier alpha value is -1.26. The van der Waals surface area contributed by atoms with Crippen LogP contribution in [-0.2, 0) is 0 Å². The zero-order valence-corrected chi connectivity index (χ0v) is 9.26. The molecule has 2 N–H and O–H groups in total. The third-order valence-corrected chi connectivity index (χ3v) is 2.24. The van der Waals surface area contributed by atoms with Gasteiger partial charge in [-0.05, 0) is 19.2 Å². The minimum atomic E-state index is -0.279. The summed E-state index contributed by atoms with van der Waals surface area (Å²) in [4.78, 5) is 11.6. The third-order valence-electron chi connectivity index (χ3n) is 1.93. The van der Waals surface area contributed by atoms with Crippen LogP contribution in [0.2, 0.25) is 5.02 Å². The smallest absolute Gasteiger partial charge is 0.181 e. The fourth-order valence-electron chi connectivity index (χ4n) is 1.23. The lowest BCUT2D eigenvalue weighted by Crippen LogP contribution is -2.19. The maximum atomic E-state index is 11.6. The number of ether oxygens (including phenoxy) is 1. The normalized spacial score (nSPS) is 10.1. The molecule has 15 heavy (non-hydrogen) atoms. The Kier molecular flexibility index (Phi) is 3.94. The molecule has 0 radical (unpaired) electrons. The first-order chi connectivity index (χ1) is 7.11. The molecular weight excluding hydrogens is 218 g/mol. The topological polar surface area (TPSA) is 58.6 Å². The van der Waals surface area contributed by atoms with Gasteiger partial charge in [0, 0.05) is 0 Å².